The van der Waals surface area contributed by atoms with Crippen molar-refractivity contribution in [2.24, 2.45) is 5.10 Å². The number of hydrazone groups is 1. The SMILES string of the molecule is C=C(CCCOc1ccc(C#N)cn1)C(=O)N1N=CCC1c1cnccn1. The van der Waals surface area contributed by atoms with Crippen LogP contribution in [0.3, 0.4) is 0 Å². The van der Waals surface area contributed by atoms with Crippen LogP contribution >= 0.6 is 0 Å². The third-order valence-corrected chi connectivity index (χ3v) is 4.00. The van der Waals surface area contributed by atoms with Crippen molar-refractivity contribution < 1.29 is 9.53 Å². The van der Waals surface area contributed by atoms with Gasteiger partial charge in [0.05, 0.1) is 24.1 Å². The molecule has 8 heteroatoms. The van der Waals surface area contributed by atoms with E-state index in [1.165, 1.54) is 11.2 Å². The van der Waals surface area contributed by atoms with Gasteiger partial charge in [-0.05, 0) is 18.9 Å². The van der Waals surface area contributed by atoms with Crippen LogP contribution in [-0.4, -0.2) is 38.7 Å². The number of carbonyl (C=O) groups is 1. The zero-order chi connectivity index (χ0) is 19.1. The monoisotopic (exact) mass is 362 g/mol. The molecule has 8 nitrogen and oxygen atoms in total. The highest BCUT2D eigenvalue weighted by Crippen LogP contribution is 2.28. The maximum Gasteiger partial charge on any atom is 0.269 e. The molecule has 0 aromatic carbocycles. The molecule has 27 heavy (non-hydrogen) atoms. The predicted molar refractivity (Wildman–Crippen MR) is 97.5 cm³/mol. The molecule has 0 radical (unpaired) electrons. The fourth-order valence-electron chi connectivity index (χ4n) is 2.60. The van der Waals surface area contributed by atoms with E-state index in [4.69, 9.17) is 10.00 Å². The minimum atomic E-state index is -0.248. The second-order valence-electron chi connectivity index (χ2n) is 5.88. The second-order valence-corrected chi connectivity index (χ2v) is 5.88. The number of pyridine rings is 1. The van der Waals surface area contributed by atoms with E-state index in [2.05, 4.69) is 26.6 Å². The summed E-state index contributed by atoms with van der Waals surface area (Å²) in [5.41, 5.74) is 1.64. The molecule has 1 unspecified atom stereocenters. The molecule has 1 aliphatic rings. The van der Waals surface area contributed by atoms with Crippen LogP contribution in [0.2, 0.25) is 0 Å². The normalized spacial score (nSPS) is 15.4. The van der Waals surface area contributed by atoms with Crippen LogP contribution in [0.4, 0.5) is 0 Å². The van der Waals surface area contributed by atoms with E-state index in [9.17, 15) is 4.79 Å². The molecular weight excluding hydrogens is 344 g/mol. The fraction of sp³-hybridized carbons (Fsp3) is 0.263. The van der Waals surface area contributed by atoms with Crippen LogP contribution in [0.15, 0.2) is 54.2 Å². The summed E-state index contributed by atoms with van der Waals surface area (Å²) in [6.07, 6.45) is 9.67. The molecule has 1 atom stereocenters. The van der Waals surface area contributed by atoms with Gasteiger partial charge in [0.25, 0.3) is 5.91 Å². The van der Waals surface area contributed by atoms with Crippen molar-refractivity contribution in [2.45, 2.75) is 25.3 Å². The Bertz CT molecular complexity index is 873. The average Bonchev–Trinajstić information content (AvgIpc) is 3.21. The number of carbonyl (C=O) groups excluding carboxylic acids is 1. The molecule has 0 saturated carbocycles. The van der Waals surface area contributed by atoms with Gasteiger partial charge in [0.2, 0.25) is 5.88 Å². The summed E-state index contributed by atoms with van der Waals surface area (Å²) in [5, 5.41) is 14.3. The molecule has 0 saturated heterocycles. The minimum Gasteiger partial charge on any atom is -0.478 e. The van der Waals surface area contributed by atoms with Crippen LogP contribution in [0.25, 0.3) is 0 Å². The lowest BCUT2D eigenvalue weighted by molar-refractivity contribution is -0.129. The van der Waals surface area contributed by atoms with Gasteiger partial charge in [-0.3, -0.25) is 14.8 Å². The van der Waals surface area contributed by atoms with E-state index in [1.54, 1.807) is 36.9 Å². The number of hydrogen-bond acceptors (Lipinski definition) is 7. The van der Waals surface area contributed by atoms with Gasteiger partial charge in [-0.25, -0.2) is 9.99 Å². The number of rotatable bonds is 7. The van der Waals surface area contributed by atoms with Crippen molar-refractivity contribution in [1.82, 2.24) is 20.0 Å². The minimum absolute atomic E-state index is 0.226. The Balaban J connectivity index is 1.48. The van der Waals surface area contributed by atoms with Gasteiger partial charge in [-0.15, -0.1) is 0 Å². The Morgan fingerprint density at radius 2 is 2.22 bits per heavy atom. The lowest BCUT2D eigenvalue weighted by Crippen LogP contribution is -2.28. The van der Waals surface area contributed by atoms with Gasteiger partial charge in [0.1, 0.15) is 12.1 Å². The van der Waals surface area contributed by atoms with Crippen molar-refractivity contribution >= 4 is 12.1 Å². The predicted octanol–water partition coefficient (Wildman–Crippen LogP) is 2.42. The Morgan fingerprint density at radius 1 is 1.33 bits per heavy atom. The van der Waals surface area contributed by atoms with Crippen molar-refractivity contribution in [3.63, 3.8) is 0 Å². The molecule has 0 N–H and O–H groups in total. The number of nitriles is 1. The first kappa shape index (κ1) is 18.2. The van der Waals surface area contributed by atoms with Gasteiger partial charge in [-0.2, -0.15) is 10.4 Å². The third-order valence-electron chi connectivity index (χ3n) is 4.00. The van der Waals surface area contributed by atoms with Crippen LogP contribution in [-0.2, 0) is 4.79 Å². The maximum absolute atomic E-state index is 12.6. The van der Waals surface area contributed by atoms with Crippen LogP contribution < -0.4 is 4.74 Å². The summed E-state index contributed by atoms with van der Waals surface area (Å²) in [5.74, 6) is 0.216. The van der Waals surface area contributed by atoms with Gasteiger partial charge < -0.3 is 4.74 Å². The number of nitrogens with zero attached hydrogens (tertiary/aromatic N) is 6. The van der Waals surface area contributed by atoms with E-state index in [0.29, 0.717) is 48.6 Å². The molecule has 3 rings (SSSR count). The zero-order valence-corrected chi connectivity index (χ0v) is 14.7. The molecule has 1 aliphatic heterocycles. The van der Waals surface area contributed by atoms with Crippen molar-refractivity contribution in [1.29, 1.82) is 5.26 Å². The molecule has 2 aromatic rings. The lowest BCUT2D eigenvalue weighted by Gasteiger charge is -2.22. The Kier molecular flexibility index (Phi) is 5.84. The van der Waals surface area contributed by atoms with Gasteiger partial charge >= 0.3 is 0 Å². The smallest absolute Gasteiger partial charge is 0.269 e. The second kappa shape index (κ2) is 8.67. The van der Waals surface area contributed by atoms with Crippen molar-refractivity contribution in [2.75, 3.05) is 6.61 Å². The molecule has 0 spiro atoms. The standard InChI is InChI=1S/C19H18N6O2/c1-14(3-2-10-27-18-5-4-15(11-20)12-23-18)19(26)25-17(6-7-24-25)16-13-21-8-9-22-16/h4-5,7-9,12-13,17H,1-3,6,10H2. The quantitative estimate of drug-likeness (QED) is 0.553. The number of hydrogen-bond donors (Lipinski definition) is 0. The van der Waals surface area contributed by atoms with E-state index < -0.39 is 0 Å². The Labute approximate surface area is 156 Å². The van der Waals surface area contributed by atoms with Gasteiger partial charge in [0, 0.05) is 42.9 Å². The highest BCUT2D eigenvalue weighted by Gasteiger charge is 2.30. The van der Waals surface area contributed by atoms with E-state index >= 15 is 0 Å². The highest BCUT2D eigenvalue weighted by atomic mass is 16.5. The molecule has 1 amide bonds. The zero-order valence-electron chi connectivity index (χ0n) is 14.7. The fourth-order valence-corrected chi connectivity index (χ4v) is 2.60. The van der Waals surface area contributed by atoms with Crippen LogP contribution in [0, 0.1) is 11.3 Å². The Hall–Kier alpha value is -3.60. The summed E-state index contributed by atoms with van der Waals surface area (Å²) in [7, 11) is 0. The molecule has 0 aliphatic carbocycles. The first-order chi connectivity index (χ1) is 13.2. The van der Waals surface area contributed by atoms with Crippen molar-refractivity contribution in [3.05, 3.63) is 60.3 Å². The largest absolute Gasteiger partial charge is 0.478 e. The lowest BCUT2D eigenvalue weighted by atomic mass is 10.1. The molecular formula is C19H18N6O2. The van der Waals surface area contributed by atoms with E-state index in [-0.39, 0.29) is 11.9 Å². The first-order valence-electron chi connectivity index (χ1n) is 8.47. The molecule has 3 heterocycles. The summed E-state index contributed by atoms with van der Waals surface area (Å²) in [6.45, 7) is 4.28. The first-order valence-corrected chi connectivity index (χ1v) is 8.47. The summed E-state index contributed by atoms with van der Waals surface area (Å²) >= 11 is 0. The van der Waals surface area contributed by atoms with Gasteiger partial charge in [-0.1, -0.05) is 6.58 Å². The molecule has 0 bridgehead atoms. The van der Waals surface area contributed by atoms with Gasteiger partial charge in [0.15, 0.2) is 0 Å². The summed E-state index contributed by atoms with van der Waals surface area (Å²) < 4.78 is 5.52. The maximum atomic E-state index is 12.6. The number of amides is 1. The summed E-state index contributed by atoms with van der Waals surface area (Å²) in [4.78, 5) is 25.0. The van der Waals surface area contributed by atoms with E-state index in [1.807, 2.05) is 6.07 Å². The molecule has 0 fully saturated rings. The molecule has 2 aromatic heterocycles. The van der Waals surface area contributed by atoms with Crippen LogP contribution in [0.5, 0.6) is 5.88 Å². The highest BCUT2D eigenvalue weighted by molar-refractivity contribution is 5.94. The topological polar surface area (TPSA) is 104 Å². The number of aromatic nitrogens is 3. The van der Waals surface area contributed by atoms with Crippen LogP contribution in [0.1, 0.15) is 36.6 Å². The van der Waals surface area contributed by atoms with Crippen molar-refractivity contribution in [3.8, 4) is 11.9 Å². The number of ether oxygens (including phenoxy) is 1. The third kappa shape index (κ3) is 4.52. The summed E-state index contributed by atoms with van der Waals surface area (Å²) in [6, 6.07) is 5.03. The molecule has 136 valence electrons. The Morgan fingerprint density at radius 3 is 2.93 bits per heavy atom. The average molecular weight is 362 g/mol. The van der Waals surface area contributed by atoms with E-state index in [0.717, 1.165) is 0 Å².